The standard InChI is InChI=1S/C13H8ClF3N2O2/c1-21-13(20)11-10(18-4-5-19-11)8-6(12(16)17)2-3-7(14)9(8)15/h2-5,12H,1H3. The molecule has 1 heterocycles. The van der Waals surface area contributed by atoms with E-state index in [1.807, 2.05) is 0 Å². The zero-order chi connectivity index (χ0) is 15.6. The second kappa shape index (κ2) is 6.09. The molecule has 4 nitrogen and oxygen atoms in total. The Morgan fingerprint density at radius 2 is 1.95 bits per heavy atom. The van der Waals surface area contributed by atoms with Crippen molar-refractivity contribution < 1.29 is 22.7 Å². The summed E-state index contributed by atoms with van der Waals surface area (Å²) >= 11 is 5.62. The first-order valence-electron chi connectivity index (χ1n) is 5.63. The molecular weight excluding hydrogens is 309 g/mol. The van der Waals surface area contributed by atoms with Crippen LogP contribution in [-0.2, 0) is 4.74 Å². The Balaban J connectivity index is 2.78. The normalized spacial score (nSPS) is 10.8. The summed E-state index contributed by atoms with van der Waals surface area (Å²) in [6.45, 7) is 0. The minimum absolute atomic E-state index is 0.348. The van der Waals surface area contributed by atoms with Gasteiger partial charge in [-0.15, -0.1) is 0 Å². The number of benzene rings is 1. The Bertz CT molecular complexity index is 695. The Hall–Kier alpha value is -2.15. The third-order valence-corrected chi connectivity index (χ3v) is 2.97. The summed E-state index contributed by atoms with van der Waals surface area (Å²) < 4.78 is 44.8. The molecule has 1 aromatic heterocycles. The van der Waals surface area contributed by atoms with Gasteiger partial charge in [-0.05, 0) is 6.07 Å². The molecular formula is C13H8ClF3N2O2. The lowest BCUT2D eigenvalue weighted by molar-refractivity contribution is 0.0594. The maximum Gasteiger partial charge on any atom is 0.358 e. The van der Waals surface area contributed by atoms with Crippen LogP contribution in [0.25, 0.3) is 11.3 Å². The van der Waals surface area contributed by atoms with E-state index < -0.39 is 29.3 Å². The molecule has 0 saturated carbocycles. The van der Waals surface area contributed by atoms with E-state index >= 15 is 0 Å². The van der Waals surface area contributed by atoms with Crippen LogP contribution in [0.5, 0.6) is 0 Å². The molecule has 0 spiro atoms. The number of nitrogens with zero attached hydrogens (tertiary/aromatic N) is 2. The van der Waals surface area contributed by atoms with Crippen molar-refractivity contribution in [1.82, 2.24) is 9.97 Å². The van der Waals surface area contributed by atoms with Crippen LogP contribution in [0, 0.1) is 5.82 Å². The van der Waals surface area contributed by atoms with Gasteiger partial charge >= 0.3 is 5.97 Å². The van der Waals surface area contributed by atoms with Crippen LogP contribution in [0.2, 0.25) is 5.02 Å². The van der Waals surface area contributed by atoms with Crippen LogP contribution in [0.15, 0.2) is 24.5 Å². The number of carbonyl (C=O) groups excluding carboxylic acids is 1. The average molecular weight is 317 g/mol. The van der Waals surface area contributed by atoms with Crippen molar-refractivity contribution in [3.8, 4) is 11.3 Å². The monoisotopic (exact) mass is 316 g/mol. The molecule has 2 rings (SSSR count). The molecule has 0 amide bonds. The van der Waals surface area contributed by atoms with Crippen molar-refractivity contribution in [3.05, 3.63) is 46.6 Å². The number of esters is 1. The zero-order valence-corrected chi connectivity index (χ0v) is 11.4. The molecule has 0 N–H and O–H groups in total. The van der Waals surface area contributed by atoms with Gasteiger partial charge in [-0.25, -0.2) is 22.9 Å². The van der Waals surface area contributed by atoms with Gasteiger partial charge in [0.25, 0.3) is 6.43 Å². The molecule has 0 bridgehead atoms. The first-order valence-corrected chi connectivity index (χ1v) is 6.01. The fourth-order valence-corrected chi connectivity index (χ4v) is 1.91. The number of hydrogen-bond acceptors (Lipinski definition) is 4. The van der Waals surface area contributed by atoms with E-state index in [1.54, 1.807) is 0 Å². The topological polar surface area (TPSA) is 52.1 Å². The number of carbonyl (C=O) groups is 1. The van der Waals surface area contributed by atoms with Gasteiger partial charge in [0.2, 0.25) is 0 Å². The highest BCUT2D eigenvalue weighted by Crippen LogP contribution is 2.36. The second-order valence-corrected chi connectivity index (χ2v) is 4.28. The molecule has 0 aliphatic carbocycles. The molecule has 8 heteroatoms. The molecule has 0 fully saturated rings. The van der Waals surface area contributed by atoms with Gasteiger partial charge in [0.1, 0.15) is 5.69 Å². The van der Waals surface area contributed by atoms with Gasteiger partial charge in [-0.1, -0.05) is 17.7 Å². The second-order valence-electron chi connectivity index (χ2n) is 3.87. The molecule has 0 radical (unpaired) electrons. The van der Waals surface area contributed by atoms with Crippen molar-refractivity contribution in [1.29, 1.82) is 0 Å². The SMILES string of the molecule is COC(=O)c1nccnc1-c1c(C(F)F)ccc(Cl)c1F. The Morgan fingerprint density at radius 1 is 1.29 bits per heavy atom. The van der Waals surface area contributed by atoms with Crippen LogP contribution in [0.1, 0.15) is 22.5 Å². The largest absolute Gasteiger partial charge is 0.464 e. The summed E-state index contributed by atoms with van der Waals surface area (Å²) in [5, 5.41) is -0.365. The molecule has 0 aliphatic rings. The summed E-state index contributed by atoms with van der Waals surface area (Å²) in [6.07, 6.45) is -0.656. The molecule has 1 aromatic carbocycles. The third-order valence-electron chi connectivity index (χ3n) is 2.68. The minimum Gasteiger partial charge on any atom is -0.464 e. The van der Waals surface area contributed by atoms with Crippen LogP contribution in [0.4, 0.5) is 13.2 Å². The molecule has 0 aliphatic heterocycles. The molecule has 0 saturated heterocycles. The van der Waals surface area contributed by atoms with E-state index in [0.717, 1.165) is 25.4 Å². The summed E-state index contributed by atoms with van der Waals surface area (Å²) in [7, 11) is 1.09. The maximum absolute atomic E-state index is 14.2. The van der Waals surface area contributed by atoms with Crippen molar-refractivity contribution in [2.75, 3.05) is 7.11 Å². The highest BCUT2D eigenvalue weighted by Gasteiger charge is 2.26. The summed E-state index contributed by atoms with van der Waals surface area (Å²) in [5.41, 5.74) is -1.92. The van der Waals surface area contributed by atoms with E-state index in [2.05, 4.69) is 14.7 Å². The van der Waals surface area contributed by atoms with Gasteiger partial charge in [-0.2, -0.15) is 0 Å². The minimum atomic E-state index is -2.97. The number of halogens is 4. The van der Waals surface area contributed by atoms with Crippen LogP contribution >= 0.6 is 11.6 Å². The molecule has 2 aromatic rings. The first kappa shape index (κ1) is 15.2. The maximum atomic E-state index is 14.2. The Morgan fingerprint density at radius 3 is 2.57 bits per heavy atom. The zero-order valence-electron chi connectivity index (χ0n) is 10.6. The number of rotatable bonds is 3. The first-order chi connectivity index (χ1) is 9.97. The fraction of sp³-hybridized carbons (Fsp3) is 0.154. The Labute approximate surface area is 122 Å². The summed E-state index contributed by atoms with van der Waals surface area (Å²) in [4.78, 5) is 19.1. The molecule has 110 valence electrons. The summed E-state index contributed by atoms with van der Waals surface area (Å²) in [5.74, 6) is -2.02. The number of aromatic nitrogens is 2. The number of alkyl halides is 2. The fourth-order valence-electron chi connectivity index (χ4n) is 1.76. The predicted octanol–water partition coefficient (Wildman–Crippen LogP) is 3.66. The highest BCUT2D eigenvalue weighted by molar-refractivity contribution is 6.31. The number of hydrogen-bond donors (Lipinski definition) is 0. The number of methoxy groups -OCH3 is 1. The van der Waals surface area contributed by atoms with E-state index in [0.29, 0.717) is 0 Å². The van der Waals surface area contributed by atoms with E-state index in [1.165, 1.54) is 6.20 Å². The Kier molecular flexibility index (Phi) is 4.42. The van der Waals surface area contributed by atoms with Gasteiger partial charge in [0.15, 0.2) is 11.5 Å². The lowest BCUT2D eigenvalue weighted by Crippen LogP contribution is -2.09. The van der Waals surface area contributed by atoms with Crippen molar-refractivity contribution in [2.45, 2.75) is 6.43 Å². The van der Waals surface area contributed by atoms with Crippen LogP contribution < -0.4 is 0 Å². The van der Waals surface area contributed by atoms with Gasteiger partial charge in [0.05, 0.1) is 12.1 Å². The molecule has 0 atom stereocenters. The van der Waals surface area contributed by atoms with Crippen molar-refractivity contribution in [2.24, 2.45) is 0 Å². The lowest BCUT2D eigenvalue weighted by Gasteiger charge is -2.12. The van der Waals surface area contributed by atoms with Crippen molar-refractivity contribution in [3.63, 3.8) is 0 Å². The molecule has 0 unspecified atom stereocenters. The van der Waals surface area contributed by atoms with Gasteiger partial charge in [0, 0.05) is 23.5 Å². The van der Waals surface area contributed by atoms with Gasteiger partial charge in [-0.3, -0.25) is 4.98 Å². The van der Waals surface area contributed by atoms with E-state index in [9.17, 15) is 18.0 Å². The average Bonchev–Trinajstić information content (AvgIpc) is 2.48. The van der Waals surface area contributed by atoms with E-state index in [-0.39, 0.29) is 16.4 Å². The van der Waals surface area contributed by atoms with Gasteiger partial charge < -0.3 is 4.74 Å². The third kappa shape index (κ3) is 2.82. The lowest BCUT2D eigenvalue weighted by atomic mass is 10.0. The quantitative estimate of drug-likeness (QED) is 0.811. The van der Waals surface area contributed by atoms with Crippen molar-refractivity contribution >= 4 is 17.6 Å². The predicted molar refractivity (Wildman–Crippen MR) is 68.7 cm³/mol. The van der Waals surface area contributed by atoms with Crippen LogP contribution in [0.3, 0.4) is 0 Å². The van der Waals surface area contributed by atoms with E-state index in [4.69, 9.17) is 11.6 Å². The van der Waals surface area contributed by atoms with Crippen LogP contribution in [-0.4, -0.2) is 23.0 Å². The number of ether oxygens (including phenoxy) is 1. The highest BCUT2D eigenvalue weighted by atomic mass is 35.5. The smallest absolute Gasteiger partial charge is 0.358 e. The molecule has 21 heavy (non-hydrogen) atoms. The summed E-state index contributed by atoms with van der Waals surface area (Å²) in [6, 6.07) is 1.98.